The van der Waals surface area contributed by atoms with Crippen LogP contribution in [-0.2, 0) is 4.79 Å². The molecule has 0 unspecified atom stereocenters. The monoisotopic (exact) mass is 494 g/mol. The standard InChI is InChI=1S/C29H30N6O2/c1-17-6-9-34(10-7-17)29(37)26-23-13-19(4-5-24(23)32-33-26)22-12-21-14-25(31-27(21)30-15-22)20-8-11-35(16-20)28(36)18-2-3-18/h4-5,8,12-15,17-18H,2-3,6-7,9-11,16H2,1H3,(H,30,31)(H,32,33). The lowest BCUT2D eigenvalue weighted by Crippen LogP contribution is -2.38. The summed E-state index contributed by atoms with van der Waals surface area (Å²) in [5, 5.41) is 9.27. The molecule has 0 bridgehead atoms. The molecule has 8 nitrogen and oxygen atoms in total. The van der Waals surface area contributed by atoms with Crippen molar-refractivity contribution in [1.29, 1.82) is 0 Å². The van der Waals surface area contributed by atoms with E-state index < -0.39 is 0 Å². The van der Waals surface area contributed by atoms with E-state index >= 15 is 0 Å². The molecule has 2 fully saturated rings. The smallest absolute Gasteiger partial charge is 0.274 e. The minimum Gasteiger partial charge on any atom is -0.339 e. The number of carbonyl (C=O) groups is 2. The van der Waals surface area contributed by atoms with Crippen LogP contribution >= 0.6 is 0 Å². The number of likely N-dealkylation sites (tertiary alicyclic amines) is 1. The summed E-state index contributed by atoms with van der Waals surface area (Å²) in [6.45, 7) is 5.15. The zero-order valence-electron chi connectivity index (χ0n) is 21.0. The number of benzene rings is 1. The summed E-state index contributed by atoms with van der Waals surface area (Å²) in [5.41, 5.74) is 6.30. The van der Waals surface area contributed by atoms with Crippen LogP contribution < -0.4 is 0 Å². The third-order valence-corrected chi connectivity index (χ3v) is 8.14. The van der Waals surface area contributed by atoms with E-state index in [0.717, 1.165) is 83.1 Å². The number of fused-ring (bicyclic) bond motifs is 2. The molecule has 4 aromatic rings. The third kappa shape index (κ3) is 4.00. The summed E-state index contributed by atoms with van der Waals surface area (Å²) in [6.07, 6.45) is 8.14. The fraction of sp³-hybridized carbons (Fsp3) is 0.379. The number of piperidine rings is 1. The first kappa shape index (κ1) is 22.3. The highest BCUT2D eigenvalue weighted by molar-refractivity contribution is 6.05. The van der Waals surface area contributed by atoms with Gasteiger partial charge >= 0.3 is 0 Å². The van der Waals surface area contributed by atoms with Gasteiger partial charge in [0.05, 0.1) is 5.52 Å². The molecule has 37 heavy (non-hydrogen) atoms. The Hall–Kier alpha value is -3.94. The van der Waals surface area contributed by atoms with Crippen LogP contribution in [0.4, 0.5) is 0 Å². The van der Waals surface area contributed by atoms with Crippen molar-refractivity contribution in [2.45, 2.75) is 32.6 Å². The van der Waals surface area contributed by atoms with E-state index in [2.05, 4.69) is 45.3 Å². The fourth-order valence-corrected chi connectivity index (χ4v) is 5.57. The number of aromatic nitrogens is 4. The number of hydrogen-bond acceptors (Lipinski definition) is 4. The third-order valence-electron chi connectivity index (χ3n) is 8.14. The molecule has 1 aliphatic carbocycles. The number of carbonyl (C=O) groups excluding carboxylic acids is 2. The van der Waals surface area contributed by atoms with Gasteiger partial charge in [-0.15, -0.1) is 0 Å². The van der Waals surface area contributed by atoms with Gasteiger partial charge in [-0.2, -0.15) is 5.10 Å². The van der Waals surface area contributed by atoms with Crippen LogP contribution in [0.3, 0.4) is 0 Å². The Morgan fingerprint density at radius 3 is 2.65 bits per heavy atom. The number of H-pyrrole nitrogens is 2. The van der Waals surface area contributed by atoms with E-state index in [9.17, 15) is 9.59 Å². The zero-order valence-corrected chi connectivity index (χ0v) is 21.0. The van der Waals surface area contributed by atoms with Crippen LogP contribution in [0.1, 0.15) is 48.8 Å². The maximum atomic E-state index is 13.2. The second kappa shape index (κ2) is 8.57. The summed E-state index contributed by atoms with van der Waals surface area (Å²) in [5.74, 6) is 1.19. The van der Waals surface area contributed by atoms with Crippen LogP contribution in [0.25, 0.3) is 38.6 Å². The average Bonchev–Trinajstić information content (AvgIpc) is 3.31. The predicted molar refractivity (Wildman–Crippen MR) is 143 cm³/mol. The molecule has 1 saturated carbocycles. The van der Waals surface area contributed by atoms with Crippen molar-refractivity contribution in [1.82, 2.24) is 30.0 Å². The molecule has 3 aliphatic rings. The van der Waals surface area contributed by atoms with Gasteiger partial charge < -0.3 is 14.8 Å². The van der Waals surface area contributed by atoms with E-state index in [4.69, 9.17) is 0 Å². The van der Waals surface area contributed by atoms with Crippen molar-refractivity contribution in [2.24, 2.45) is 11.8 Å². The number of nitrogens with zero attached hydrogens (tertiary/aromatic N) is 4. The van der Waals surface area contributed by atoms with Gasteiger partial charge in [-0.1, -0.05) is 19.1 Å². The Labute approximate surface area is 214 Å². The minimum absolute atomic E-state index is 0.00166. The molecular formula is C29H30N6O2. The van der Waals surface area contributed by atoms with E-state index in [1.807, 2.05) is 34.2 Å². The second-order valence-electron chi connectivity index (χ2n) is 10.9. The predicted octanol–water partition coefficient (Wildman–Crippen LogP) is 4.61. The fourth-order valence-electron chi connectivity index (χ4n) is 5.57. The van der Waals surface area contributed by atoms with Crippen LogP contribution in [0.5, 0.6) is 0 Å². The maximum absolute atomic E-state index is 13.2. The summed E-state index contributed by atoms with van der Waals surface area (Å²) >= 11 is 0. The molecule has 0 radical (unpaired) electrons. The van der Waals surface area contributed by atoms with E-state index in [-0.39, 0.29) is 17.7 Å². The molecule has 2 N–H and O–H groups in total. The van der Waals surface area contributed by atoms with Gasteiger partial charge in [0.2, 0.25) is 5.91 Å². The Morgan fingerprint density at radius 1 is 1.00 bits per heavy atom. The Balaban J connectivity index is 1.15. The minimum atomic E-state index is -0.00166. The molecule has 3 aromatic heterocycles. The second-order valence-corrected chi connectivity index (χ2v) is 10.9. The molecule has 2 aliphatic heterocycles. The molecule has 1 aromatic carbocycles. The summed E-state index contributed by atoms with van der Waals surface area (Å²) in [7, 11) is 0. The first-order valence-electron chi connectivity index (χ1n) is 13.3. The van der Waals surface area contributed by atoms with Crippen molar-refractivity contribution < 1.29 is 9.59 Å². The SMILES string of the molecule is CC1CCN(C(=O)c2n[nH]c3ccc(-c4cnc5[nH]c(C6=CCN(C(=O)C7CC7)C6)cc5c4)cc23)CC1. The zero-order chi connectivity index (χ0) is 25.1. The summed E-state index contributed by atoms with van der Waals surface area (Å²) < 4.78 is 0. The average molecular weight is 495 g/mol. The van der Waals surface area contributed by atoms with Gasteiger partial charge in [0, 0.05) is 60.3 Å². The number of amides is 2. The highest BCUT2D eigenvalue weighted by Gasteiger charge is 2.35. The van der Waals surface area contributed by atoms with Crippen molar-refractivity contribution in [3.8, 4) is 11.1 Å². The van der Waals surface area contributed by atoms with E-state index in [1.54, 1.807) is 0 Å². The van der Waals surface area contributed by atoms with Gasteiger partial charge in [0.15, 0.2) is 5.69 Å². The molecule has 188 valence electrons. The first-order chi connectivity index (χ1) is 18.0. The highest BCUT2D eigenvalue weighted by atomic mass is 16.2. The molecule has 0 atom stereocenters. The normalized spacial score (nSPS) is 18.7. The molecule has 2 amide bonds. The van der Waals surface area contributed by atoms with Crippen LogP contribution in [-0.4, -0.2) is 68.0 Å². The van der Waals surface area contributed by atoms with Crippen LogP contribution in [0, 0.1) is 11.8 Å². The number of pyridine rings is 1. The summed E-state index contributed by atoms with van der Waals surface area (Å²) in [4.78, 5) is 37.7. The van der Waals surface area contributed by atoms with Gasteiger partial charge in [-0.3, -0.25) is 14.7 Å². The number of nitrogens with one attached hydrogen (secondary N) is 2. The Morgan fingerprint density at radius 2 is 1.84 bits per heavy atom. The number of aromatic amines is 2. The highest BCUT2D eigenvalue weighted by Crippen LogP contribution is 2.34. The van der Waals surface area contributed by atoms with Gasteiger partial charge in [-0.25, -0.2) is 4.98 Å². The lowest BCUT2D eigenvalue weighted by atomic mass is 9.98. The molecule has 7 rings (SSSR count). The van der Waals surface area contributed by atoms with E-state index in [1.165, 1.54) is 0 Å². The van der Waals surface area contributed by atoms with Gasteiger partial charge in [0.25, 0.3) is 5.91 Å². The topological polar surface area (TPSA) is 98.0 Å². The van der Waals surface area contributed by atoms with Gasteiger partial charge in [-0.05, 0) is 67.0 Å². The molecule has 0 spiro atoms. The maximum Gasteiger partial charge on any atom is 0.274 e. The first-order valence-corrected chi connectivity index (χ1v) is 13.3. The molecule has 8 heteroatoms. The molecular weight excluding hydrogens is 464 g/mol. The lowest BCUT2D eigenvalue weighted by molar-refractivity contribution is -0.131. The van der Waals surface area contributed by atoms with Gasteiger partial charge in [0.1, 0.15) is 5.65 Å². The van der Waals surface area contributed by atoms with Crippen LogP contribution in [0.15, 0.2) is 42.6 Å². The largest absolute Gasteiger partial charge is 0.339 e. The number of rotatable bonds is 4. The van der Waals surface area contributed by atoms with Crippen LogP contribution in [0.2, 0.25) is 0 Å². The van der Waals surface area contributed by atoms with E-state index in [0.29, 0.717) is 24.7 Å². The Bertz CT molecular complexity index is 1570. The molecule has 5 heterocycles. The van der Waals surface area contributed by atoms with Crippen molar-refractivity contribution >= 4 is 39.3 Å². The number of hydrogen-bond donors (Lipinski definition) is 2. The van der Waals surface area contributed by atoms with Crippen molar-refractivity contribution in [2.75, 3.05) is 26.2 Å². The quantitative estimate of drug-likeness (QED) is 0.433. The summed E-state index contributed by atoms with van der Waals surface area (Å²) in [6, 6.07) is 10.3. The van der Waals surface area contributed by atoms with Crippen molar-refractivity contribution in [3.05, 3.63) is 54.0 Å². The lowest BCUT2D eigenvalue weighted by Gasteiger charge is -2.29. The van der Waals surface area contributed by atoms with Crippen molar-refractivity contribution in [3.63, 3.8) is 0 Å². The Kier molecular flexibility index (Phi) is 5.16. The molecule has 1 saturated heterocycles.